The highest BCUT2D eigenvalue weighted by Crippen LogP contribution is 2.22. The summed E-state index contributed by atoms with van der Waals surface area (Å²) in [5, 5.41) is 0. The molecule has 0 saturated carbocycles. The fraction of sp³-hybridized carbons (Fsp3) is 0.250. The van der Waals surface area contributed by atoms with Gasteiger partial charge in [0.15, 0.2) is 4.80 Å². The maximum atomic E-state index is 12.5. The zero-order chi connectivity index (χ0) is 20.1. The minimum absolute atomic E-state index is 0.00665. The monoisotopic (exact) mass is 462 g/mol. The van der Waals surface area contributed by atoms with Crippen molar-refractivity contribution in [1.82, 2.24) is 4.57 Å². The molecule has 8 heteroatoms. The molecule has 6 nitrogen and oxygen atoms in total. The number of fused-ring (bicyclic) bond motifs is 1. The topological polar surface area (TPSA) is 69.9 Å². The minimum Gasteiger partial charge on any atom is -0.494 e. The van der Waals surface area contributed by atoms with Crippen molar-refractivity contribution in [1.29, 1.82) is 0 Å². The Morgan fingerprint density at radius 1 is 1.18 bits per heavy atom. The minimum atomic E-state index is -0.400. The lowest BCUT2D eigenvalue weighted by atomic mass is 10.1. The molecule has 146 valence electrons. The molecule has 28 heavy (non-hydrogen) atoms. The van der Waals surface area contributed by atoms with E-state index in [2.05, 4.69) is 20.9 Å². The average molecular weight is 463 g/mol. The Morgan fingerprint density at radius 3 is 2.61 bits per heavy atom. The van der Waals surface area contributed by atoms with Crippen LogP contribution in [0.1, 0.15) is 12.5 Å². The van der Waals surface area contributed by atoms with Gasteiger partial charge in [-0.15, -0.1) is 0 Å². The number of amides is 1. The molecule has 0 atom stereocenters. The van der Waals surface area contributed by atoms with Crippen molar-refractivity contribution < 1.29 is 19.1 Å². The molecule has 1 aromatic heterocycles. The normalized spacial score (nSPS) is 11.6. The SMILES string of the molecule is CCOc1ccc(CC(=O)N=c2sc3cc(Br)ccc3n2CC(=O)OC)cc1. The molecule has 0 aliphatic heterocycles. The van der Waals surface area contributed by atoms with Gasteiger partial charge in [-0.05, 0) is 42.8 Å². The summed E-state index contributed by atoms with van der Waals surface area (Å²) in [6.07, 6.45) is 0.169. The van der Waals surface area contributed by atoms with Crippen molar-refractivity contribution in [3.63, 3.8) is 0 Å². The van der Waals surface area contributed by atoms with Crippen molar-refractivity contribution in [2.24, 2.45) is 4.99 Å². The summed E-state index contributed by atoms with van der Waals surface area (Å²) in [7, 11) is 1.34. The van der Waals surface area contributed by atoms with Crippen LogP contribution in [-0.4, -0.2) is 30.2 Å². The molecule has 0 aliphatic rings. The molecule has 1 heterocycles. The van der Waals surface area contributed by atoms with Gasteiger partial charge in [0.2, 0.25) is 0 Å². The number of benzene rings is 2. The van der Waals surface area contributed by atoms with Crippen LogP contribution in [0.2, 0.25) is 0 Å². The predicted molar refractivity (Wildman–Crippen MR) is 111 cm³/mol. The highest BCUT2D eigenvalue weighted by molar-refractivity contribution is 9.10. The number of rotatable bonds is 6. The highest BCUT2D eigenvalue weighted by Gasteiger charge is 2.12. The van der Waals surface area contributed by atoms with Gasteiger partial charge >= 0.3 is 5.97 Å². The summed E-state index contributed by atoms with van der Waals surface area (Å²) >= 11 is 4.80. The van der Waals surface area contributed by atoms with E-state index < -0.39 is 5.97 Å². The van der Waals surface area contributed by atoms with Crippen LogP contribution in [0.5, 0.6) is 5.75 Å². The number of hydrogen-bond acceptors (Lipinski definition) is 5. The van der Waals surface area contributed by atoms with Gasteiger partial charge in [0.1, 0.15) is 12.3 Å². The number of methoxy groups -OCH3 is 1. The molecular formula is C20H19BrN2O4S. The number of halogens is 1. The summed E-state index contributed by atoms with van der Waals surface area (Å²) < 4.78 is 13.7. The first-order chi connectivity index (χ1) is 13.5. The summed E-state index contributed by atoms with van der Waals surface area (Å²) in [5.41, 5.74) is 1.67. The van der Waals surface area contributed by atoms with Gasteiger partial charge in [-0.2, -0.15) is 4.99 Å². The van der Waals surface area contributed by atoms with Crippen LogP contribution in [0.25, 0.3) is 10.2 Å². The molecule has 0 bridgehead atoms. The molecular weight excluding hydrogens is 444 g/mol. The quantitative estimate of drug-likeness (QED) is 0.523. The van der Waals surface area contributed by atoms with E-state index in [9.17, 15) is 9.59 Å². The molecule has 2 aromatic carbocycles. The van der Waals surface area contributed by atoms with E-state index in [1.54, 1.807) is 4.57 Å². The summed E-state index contributed by atoms with van der Waals surface area (Å²) in [4.78, 5) is 29.1. The third kappa shape index (κ3) is 4.88. The lowest BCUT2D eigenvalue weighted by molar-refractivity contribution is -0.141. The van der Waals surface area contributed by atoms with Crippen LogP contribution in [0.4, 0.5) is 0 Å². The first-order valence-electron chi connectivity index (χ1n) is 8.65. The van der Waals surface area contributed by atoms with Gasteiger partial charge in [-0.1, -0.05) is 39.4 Å². The lowest BCUT2D eigenvalue weighted by Crippen LogP contribution is -2.22. The molecule has 1 amide bonds. The number of hydrogen-bond donors (Lipinski definition) is 0. The average Bonchev–Trinajstić information content (AvgIpc) is 2.99. The van der Waals surface area contributed by atoms with E-state index in [0.717, 1.165) is 26.0 Å². The Balaban J connectivity index is 1.91. The first-order valence-corrected chi connectivity index (χ1v) is 10.3. The molecule has 0 unspecified atom stereocenters. The smallest absolute Gasteiger partial charge is 0.325 e. The number of aromatic nitrogens is 1. The van der Waals surface area contributed by atoms with E-state index in [4.69, 9.17) is 9.47 Å². The molecule has 0 saturated heterocycles. The number of carbonyl (C=O) groups excluding carboxylic acids is 2. The zero-order valence-corrected chi connectivity index (χ0v) is 17.9. The zero-order valence-electron chi connectivity index (χ0n) is 15.5. The lowest BCUT2D eigenvalue weighted by Gasteiger charge is -2.04. The van der Waals surface area contributed by atoms with Crippen LogP contribution in [0.15, 0.2) is 51.9 Å². The number of thiazole rings is 1. The van der Waals surface area contributed by atoms with E-state index in [0.29, 0.717) is 11.4 Å². The van der Waals surface area contributed by atoms with Crippen molar-refractivity contribution in [3.05, 3.63) is 57.3 Å². The van der Waals surface area contributed by atoms with E-state index in [1.165, 1.54) is 18.4 Å². The maximum Gasteiger partial charge on any atom is 0.325 e. The summed E-state index contributed by atoms with van der Waals surface area (Å²) in [6.45, 7) is 2.51. The largest absolute Gasteiger partial charge is 0.494 e. The Bertz CT molecular complexity index is 1070. The standard InChI is InChI=1S/C20H19BrN2O4S/c1-3-27-15-7-4-13(5-8-15)10-18(24)22-20-23(12-19(25)26-2)16-9-6-14(21)11-17(16)28-20/h4-9,11H,3,10,12H2,1-2H3. The highest BCUT2D eigenvalue weighted by atomic mass is 79.9. The van der Waals surface area contributed by atoms with Gasteiger partial charge in [0.05, 0.1) is 30.4 Å². The number of esters is 1. The molecule has 0 aliphatic carbocycles. The Labute approximate surface area is 174 Å². The van der Waals surface area contributed by atoms with Gasteiger partial charge < -0.3 is 14.0 Å². The molecule has 0 N–H and O–H groups in total. The van der Waals surface area contributed by atoms with Crippen molar-refractivity contribution in [2.75, 3.05) is 13.7 Å². The Hall–Kier alpha value is -2.45. The van der Waals surface area contributed by atoms with E-state index in [1.807, 2.05) is 49.4 Å². The van der Waals surface area contributed by atoms with Crippen LogP contribution in [-0.2, 0) is 27.3 Å². The summed E-state index contributed by atoms with van der Waals surface area (Å²) in [6, 6.07) is 13.1. The third-order valence-electron chi connectivity index (χ3n) is 3.97. The molecule has 0 spiro atoms. The Morgan fingerprint density at radius 2 is 1.93 bits per heavy atom. The number of nitrogens with zero attached hydrogens (tertiary/aromatic N) is 2. The molecule has 0 radical (unpaired) electrons. The number of ether oxygens (including phenoxy) is 2. The van der Waals surface area contributed by atoms with Crippen LogP contribution < -0.4 is 9.54 Å². The van der Waals surface area contributed by atoms with Gasteiger partial charge in [-0.25, -0.2) is 0 Å². The Kier molecular flexibility index (Phi) is 6.64. The third-order valence-corrected chi connectivity index (χ3v) is 5.50. The molecule has 0 fully saturated rings. The summed E-state index contributed by atoms with van der Waals surface area (Å²) in [5.74, 6) is 0.0815. The molecule has 3 aromatic rings. The van der Waals surface area contributed by atoms with Gasteiger partial charge in [0.25, 0.3) is 5.91 Å². The van der Waals surface area contributed by atoms with Crippen molar-refractivity contribution in [3.8, 4) is 5.75 Å². The van der Waals surface area contributed by atoms with Crippen molar-refractivity contribution in [2.45, 2.75) is 19.9 Å². The number of carbonyl (C=O) groups is 2. The second-order valence-corrected chi connectivity index (χ2v) is 7.84. The van der Waals surface area contributed by atoms with Crippen LogP contribution in [0, 0.1) is 0 Å². The second-order valence-electron chi connectivity index (χ2n) is 5.92. The fourth-order valence-electron chi connectivity index (χ4n) is 2.67. The van der Waals surface area contributed by atoms with Gasteiger partial charge in [-0.3, -0.25) is 9.59 Å². The molecule has 3 rings (SSSR count). The predicted octanol–water partition coefficient (Wildman–Crippen LogP) is 3.71. The van der Waals surface area contributed by atoms with Crippen molar-refractivity contribution >= 4 is 49.4 Å². The van der Waals surface area contributed by atoms with Crippen LogP contribution >= 0.6 is 27.3 Å². The van der Waals surface area contributed by atoms with E-state index in [-0.39, 0.29) is 18.9 Å². The van der Waals surface area contributed by atoms with E-state index >= 15 is 0 Å². The first kappa shape index (κ1) is 20.3. The van der Waals surface area contributed by atoms with Gasteiger partial charge in [0, 0.05) is 4.47 Å². The second kappa shape index (κ2) is 9.16. The van der Waals surface area contributed by atoms with Crippen LogP contribution in [0.3, 0.4) is 0 Å². The fourth-order valence-corrected chi connectivity index (χ4v) is 4.27. The maximum absolute atomic E-state index is 12.5.